The highest BCUT2D eigenvalue weighted by molar-refractivity contribution is 7.14. The Bertz CT molecular complexity index is 732. The summed E-state index contributed by atoms with van der Waals surface area (Å²) >= 11 is 7.11. The molecule has 0 bridgehead atoms. The summed E-state index contributed by atoms with van der Waals surface area (Å²) in [6, 6.07) is 1.73. The van der Waals surface area contributed by atoms with Gasteiger partial charge in [-0.05, 0) is 19.9 Å². The lowest BCUT2D eigenvalue weighted by Gasteiger charge is -2.14. The number of nitrogens with one attached hydrogen (secondary N) is 3. The zero-order valence-electron chi connectivity index (χ0n) is 12.8. The Balaban J connectivity index is 2.17. The van der Waals surface area contributed by atoms with Gasteiger partial charge in [0.2, 0.25) is 5.91 Å². The van der Waals surface area contributed by atoms with Crippen molar-refractivity contribution in [2.24, 2.45) is 0 Å². The molecule has 2 aromatic rings. The monoisotopic (exact) mass is 353 g/mol. The highest BCUT2D eigenvalue weighted by atomic mass is 35.5. The Morgan fingerprint density at radius 2 is 2.04 bits per heavy atom. The van der Waals surface area contributed by atoms with Crippen molar-refractivity contribution >= 4 is 51.4 Å². The van der Waals surface area contributed by atoms with Crippen LogP contribution < -0.4 is 16.0 Å². The third kappa shape index (κ3) is 4.90. The first-order valence-corrected chi connectivity index (χ1v) is 8.07. The fraction of sp³-hybridized carbons (Fsp3) is 0.286. The molecule has 0 radical (unpaired) electrons. The van der Waals surface area contributed by atoms with Gasteiger partial charge >= 0.3 is 0 Å². The highest BCUT2D eigenvalue weighted by Gasteiger charge is 2.15. The molecule has 2 aromatic heterocycles. The molecule has 0 saturated carbocycles. The second-order valence-corrected chi connectivity index (χ2v) is 6.27. The molecule has 3 N–H and O–H groups in total. The lowest BCUT2D eigenvalue weighted by Crippen LogP contribution is -2.18. The van der Waals surface area contributed by atoms with E-state index >= 15 is 0 Å². The summed E-state index contributed by atoms with van der Waals surface area (Å²) in [5.41, 5.74) is 0.951. The van der Waals surface area contributed by atoms with Gasteiger partial charge in [0.05, 0.1) is 11.3 Å². The van der Waals surface area contributed by atoms with Gasteiger partial charge in [0.15, 0.2) is 5.13 Å². The third-order valence-corrected chi connectivity index (χ3v) is 3.55. The zero-order chi connectivity index (χ0) is 17.0. The molecule has 0 fully saturated rings. The summed E-state index contributed by atoms with van der Waals surface area (Å²) in [5, 5.41) is 10.7. The number of nitrogens with zero attached hydrogens (tertiary/aromatic N) is 2. The van der Waals surface area contributed by atoms with Crippen LogP contribution in [-0.2, 0) is 4.79 Å². The molecule has 7 nitrogen and oxygen atoms in total. The number of hydrogen-bond donors (Lipinski definition) is 3. The number of aromatic nitrogens is 2. The second-order valence-electron chi connectivity index (χ2n) is 5.02. The van der Waals surface area contributed by atoms with Crippen LogP contribution in [0.3, 0.4) is 0 Å². The van der Waals surface area contributed by atoms with Gasteiger partial charge in [0.1, 0.15) is 11.0 Å². The molecule has 0 aliphatic carbocycles. The summed E-state index contributed by atoms with van der Waals surface area (Å²) in [4.78, 5) is 31.4. The summed E-state index contributed by atoms with van der Waals surface area (Å²) in [6.07, 6.45) is 1.41. The number of pyridine rings is 1. The minimum absolute atomic E-state index is 0.130. The van der Waals surface area contributed by atoms with Crippen LogP contribution >= 0.6 is 22.9 Å². The summed E-state index contributed by atoms with van der Waals surface area (Å²) in [6.45, 7) is 5.30. The first-order chi connectivity index (χ1) is 10.8. The summed E-state index contributed by atoms with van der Waals surface area (Å²) in [7, 11) is 0. The molecule has 0 atom stereocenters. The van der Waals surface area contributed by atoms with E-state index in [9.17, 15) is 9.59 Å². The molecule has 0 aliphatic heterocycles. The van der Waals surface area contributed by atoms with Crippen molar-refractivity contribution in [1.82, 2.24) is 9.97 Å². The van der Waals surface area contributed by atoms with E-state index in [1.807, 2.05) is 13.8 Å². The molecule has 0 saturated heterocycles. The number of hydrogen-bond acceptors (Lipinski definition) is 6. The minimum Gasteiger partial charge on any atom is -0.382 e. The molecule has 0 aromatic carbocycles. The van der Waals surface area contributed by atoms with E-state index in [2.05, 4.69) is 25.9 Å². The maximum Gasteiger partial charge on any atom is 0.260 e. The zero-order valence-corrected chi connectivity index (χ0v) is 14.4. The lowest BCUT2D eigenvalue weighted by atomic mass is 10.2. The maximum atomic E-state index is 12.4. The van der Waals surface area contributed by atoms with E-state index in [4.69, 9.17) is 11.6 Å². The van der Waals surface area contributed by atoms with Crippen LogP contribution in [0.1, 0.15) is 31.1 Å². The molecule has 2 rings (SSSR count). The van der Waals surface area contributed by atoms with Crippen molar-refractivity contribution < 1.29 is 9.59 Å². The predicted octanol–water partition coefficient (Wildman–Crippen LogP) is 3.22. The topological polar surface area (TPSA) is 96.0 Å². The third-order valence-electron chi connectivity index (χ3n) is 2.59. The Kier molecular flexibility index (Phi) is 5.51. The van der Waals surface area contributed by atoms with Crippen LogP contribution in [0.4, 0.5) is 16.6 Å². The molecule has 9 heteroatoms. The van der Waals surface area contributed by atoms with E-state index in [-0.39, 0.29) is 17.9 Å². The van der Waals surface area contributed by atoms with Gasteiger partial charge in [-0.25, -0.2) is 9.97 Å². The fourth-order valence-corrected chi connectivity index (χ4v) is 2.61. The smallest absolute Gasteiger partial charge is 0.260 e. The van der Waals surface area contributed by atoms with Crippen LogP contribution in [-0.4, -0.2) is 27.8 Å². The molecule has 0 spiro atoms. The normalized spacial score (nSPS) is 10.5. The van der Waals surface area contributed by atoms with Crippen LogP contribution in [0.15, 0.2) is 17.6 Å². The number of thiazole rings is 1. The predicted molar refractivity (Wildman–Crippen MR) is 92.4 cm³/mol. The Morgan fingerprint density at radius 1 is 1.30 bits per heavy atom. The van der Waals surface area contributed by atoms with Gasteiger partial charge in [-0.3, -0.25) is 9.59 Å². The first-order valence-electron chi connectivity index (χ1n) is 6.81. The Hall–Kier alpha value is -2.19. The molecule has 23 heavy (non-hydrogen) atoms. The molecule has 0 aliphatic rings. The van der Waals surface area contributed by atoms with Gasteiger partial charge in [-0.15, -0.1) is 11.3 Å². The van der Waals surface area contributed by atoms with Crippen LogP contribution in [0, 0.1) is 0 Å². The SMILES string of the molecule is CC(=O)Nc1nc(NC(=O)c2cnc(Cl)cc2NC(C)C)cs1. The summed E-state index contributed by atoms with van der Waals surface area (Å²) in [5.74, 6) is -0.228. The van der Waals surface area contributed by atoms with Gasteiger partial charge in [-0.1, -0.05) is 11.6 Å². The lowest BCUT2D eigenvalue weighted by molar-refractivity contribution is -0.114. The average Bonchev–Trinajstić information content (AvgIpc) is 2.84. The number of carbonyl (C=O) groups is 2. The van der Waals surface area contributed by atoms with Crippen LogP contribution in [0.25, 0.3) is 0 Å². The first kappa shape index (κ1) is 17.2. The Morgan fingerprint density at radius 3 is 2.70 bits per heavy atom. The summed E-state index contributed by atoms with van der Waals surface area (Å²) < 4.78 is 0. The average molecular weight is 354 g/mol. The van der Waals surface area contributed by atoms with Crippen LogP contribution in [0.5, 0.6) is 0 Å². The van der Waals surface area contributed by atoms with E-state index in [1.54, 1.807) is 11.4 Å². The van der Waals surface area contributed by atoms with E-state index in [1.165, 1.54) is 24.5 Å². The molecule has 122 valence electrons. The van der Waals surface area contributed by atoms with Crippen molar-refractivity contribution in [3.05, 3.63) is 28.4 Å². The van der Waals surface area contributed by atoms with E-state index in [0.29, 0.717) is 27.4 Å². The largest absolute Gasteiger partial charge is 0.382 e. The quantitative estimate of drug-likeness (QED) is 0.717. The van der Waals surface area contributed by atoms with Crippen molar-refractivity contribution in [1.29, 1.82) is 0 Å². The molecule has 2 amide bonds. The van der Waals surface area contributed by atoms with Gasteiger partial charge in [0, 0.05) is 24.5 Å². The molecule has 0 unspecified atom stereocenters. The maximum absolute atomic E-state index is 12.4. The number of carbonyl (C=O) groups excluding carboxylic acids is 2. The van der Waals surface area contributed by atoms with Crippen LogP contribution in [0.2, 0.25) is 5.15 Å². The number of halogens is 1. The number of anilines is 3. The number of rotatable bonds is 5. The molecule has 2 heterocycles. The number of amides is 2. The van der Waals surface area contributed by atoms with Gasteiger partial charge in [0.25, 0.3) is 5.91 Å². The standard InChI is InChI=1S/C14H16ClN5O2S/c1-7(2)17-10-4-11(15)16-5-9(10)13(22)19-12-6-23-14(20-12)18-8(3)21/h4-7H,1-3H3,(H,16,17)(H,19,22)(H,18,20,21). The van der Waals surface area contributed by atoms with Crippen molar-refractivity contribution in [3.8, 4) is 0 Å². The van der Waals surface area contributed by atoms with Gasteiger partial charge < -0.3 is 16.0 Å². The molecular formula is C14H16ClN5O2S. The van der Waals surface area contributed by atoms with Gasteiger partial charge in [-0.2, -0.15) is 0 Å². The molecular weight excluding hydrogens is 338 g/mol. The fourth-order valence-electron chi connectivity index (χ4n) is 1.76. The van der Waals surface area contributed by atoms with Crippen molar-refractivity contribution in [2.75, 3.05) is 16.0 Å². The minimum atomic E-state index is -0.364. The second kappa shape index (κ2) is 7.38. The highest BCUT2D eigenvalue weighted by Crippen LogP contribution is 2.23. The Labute approximate surface area is 142 Å². The van der Waals surface area contributed by atoms with Crippen molar-refractivity contribution in [2.45, 2.75) is 26.8 Å². The van der Waals surface area contributed by atoms with Crippen molar-refractivity contribution in [3.63, 3.8) is 0 Å². The van der Waals surface area contributed by atoms with E-state index in [0.717, 1.165) is 0 Å². The van der Waals surface area contributed by atoms with E-state index < -0.39 is 0 Å².